The number of benzene rings is 2. The third-order valence-corrected chi connectivity index (χ3v) is 5.14. The normalized spacial score (nSPS) is 14.7. The molecule has 0 radical (unpaired) electrons. The summed E-state index contributed by atoms with van der Waals surface area (Å²) in [6.45, 7) is 3.12. The van der Waals surface area contributed by atoms with E-state index in [-0.39, 0.29) is 41.3 Å². The van der Waals surface area contributed by atoms with E-state index in [1.165, 1.54) is 23.8 Å². The highest BCUT2D eigenvalue weighted by Gasteiger charge is 2.19. The molecule has 0 aromatic heterocycles. The van der Waals surface area contributed by atoms with E-state index >= 15 is 0 Å². The van der Waals surface area contributed by atoms with Crippen molar-refractivity contribution in [2.45, 2.75) is 31.7 Å². The van der Waals surface area contributed by atoms with E-state index in [0.717, 1.165) is 45.3 Å². The van der Waals surface area contributed by atoms with Crippen LogP contribution in [0.3, 0.4) is 0 Å². The molecular formula is C23H31ClN2O4. The van der Waals surface area contributed by atoms with Crippen molar-refractivity contribution in [3.05, 3.63) is 65.7 Å². The Morgan fingerprint density at radius 2 is 1.77 bits per heavy atom. The second kappa shape index (κ2) is 12.9. The smallest absolute Gasteiger partial charge is 0.244 e. The van der Waals surface area contributed by atoms with Crippen molar-refractivity contribution in [2.75, 3.05) is 19.6 Å². The van der Waals surface area contributed by atoms with Crippen molar-refractivity contribution >= 4 is 24.4 Å². The van der Waals surface area contributed by atoms with Crippen LogP contribution in [0.2, 0.25) is 0 Å². The Bertz CT molecular complexity index is 806. The van der Waals surface area contributed by atoms with Crippen LogP contribution in [0.25, 0.3) is 6.08 Å². The molecule has 0 saturated carbocycles. The number of carbonyl (C=O) groups excluding carboxylic acids is 1. The van der Waals surface area contributed by atoms with E-state index in [1.807, 2.05) is 6.07 Å². The first-order valence-electron chi connectivity index (χ1n) is 9.87. The zero-order valence-electron chi connectivity index (χ0n) is 17.0. The highest BCUT2D eigenvalue weighted by Crippen LogP contribution is 2.25. The van der Waals surface area contributed by atoms with E-state index in [1.54, 1.807) is 12.1 Å². The third-order valence-electron chi connectivity index (χ3n) is 5.14. The summed E-state index contributed by atoms with van der Waals surface area (Å²) in [5.74, 6) is -0.491. The number of hydrogen-bond donors (Lipinski definition) is 3. The van der Waals surface area contributed by atoms with Gasteiger partial charge in [0.05, 0.1) is 0 Å². The topological polar surface area (TPSA) is 104 Å². The zero-order chi connectivity index (χ0) is 19.8. The Labute approximate surface area is 184 Å². The molecule has 2 aromatic carbocycles. The second-order valence-corrected chi connectivity index (χ2v) is 7.30. The van der Waals surface area contributed by atoms with Crippen LogP contribution in [0.1, 0.15) is 30.4 Å². The molecule has 1 saturated heterocycles. The predicted molar refractivity (Wildman–Crippen MR) is 122 cm³/mol. The average Bonchev–Trinajstić information content (AvgIpc) is 2.71. The van der Waals surface area contributed by atoms with Crippen molar-refractivity contribution in [3.63, 3.8) is 0 Å². The van der Waals surface area contributed by atoms with Gasteiger partial charge in [-0.05, 0) is 61.6 Å². The van der Waals surface area contributed by atoms with E-state index in [0.29, 0.717) is 5.56 Å². The summed E-state index contributed by atoms with van der Waals surface area (Å²) in [6.07, 6.45) is 7.29. The Kier molecular flexibility index (Phi) is 11.0. The lowest BCUT2D eigenvalue weighted by atomic mass is 10.0. The number of carbonyl (C=O) groups is 1. The van der Waals surface area contributed by atoms with Crippen LogP contribution in [0.5, 0.6) is 11.5 Å². The number of phenolic OH excluding ortho intramolecular Hbond substituents is 2. The molecule has 0 bridgehead atoms. The van der Waals surface area contributed by atoms with Gasteiger partial charge in [0.1, 0.15) is 0 Å². The van der Waals surface area contributed by atoms with Crippen LogP contribution in [0, 0.1) is 0 Å². The number of piperidine rings is 1. The molecule has 1 aliphatic heterocycles. The Balaban J connectivity index is 0.00000225. The molecule has 7 heteroatoms. The molecule has 1 heterocycles. The van der Waals surface area contributed by atoms with Crippen LogP contribution in [-0.2, 0) is 11.2 Å². The minimum absolute atomic E-state index is 0. The average molecular weight is 435 g/mol. The molecule has 0 aliphatic carbocycles. The molecule has 0 spiro atoms. The lowest BCUT2D eigenvalue weighted by molar-refractivity contribution is -0.117. The van der Waals surface area contributed by atoms with Gasteiger partial charge in [-0.25, -0.2) is 0 Å². The van der Waals surface area contributed by atoms with Gasteiger partial charge in [0.25, 0.3) is 0 Å². The molecule has 1 aliphatic rings. The summed E-state index contributed by atoms with van der Waals surface area (Å²) in [6, 6.07) is 15.2. The molecule has 0 unspecified atom stereocenters. The SMILES string of the molecule is Cl.O.O=C(/C=C/c1ccc(O)c(O)c1)NC1CCN(CCCc2ccccc2)CC1. The fourth-order valence-corrected chi connectivity index (χ4v) is 3.52. The Hall–Kier alpha value is -2.54. The largest absolute Gasteiger partial charge is 0.504 e. The summed E-state index contributed by atoms with van der Waals surface area (Å²) in [5, 5.41) is 21.9. The van der Waals surface area contributed by atoms with Gasteiger partial charge in [0, 0.05) is 25.2 Å². The first kappa shape index (κ1) is 25.5. The maximum absolute atomic E-state index is 12.1. The molecule has 164 valence electrons. The molecule has 30 heavy (non-hydrogen) atoms. The number of amides is 1. The maximum atomic E-state index is 12.1. The van der Waals surface area contributed by atoms with Gasteiger partial charge in [0.15, 0.2) is 11.5 Å². The van der Waals surface area contributed by atoms with Crippen LogP contribution in [-0.4, -0.2) is 52.2 Å². The lowest BCUT2D eigenvalue weighted by Crippen LogP contribution is -2.44. The number of halogens is 1. The number of likely N-dealkylation sites (tertiary alicyclic amines) is 1. The molecule has 1 amide bonds. The van der Waals surface area contributed by atoms with Gasteiger partial charge in [-0.3, -0.25) is 4.79 Å². The Morgan fingerprint density at radius 1 is 1.07 bits per heavy atom. The van der Waals surface area contributed by atoms with Crippen molar-refractivity contribution < 1.29 is 20.5 Å². The number of phenols is 2. The van der Waals surface area contributed by atoms with Crippen molar-refractivity contribution in [2.24, 2.45) is 0 Å². The zero-order valence-corrected chi connectivity index (χ0v) is 17.8. The second-order valence-electron chi connectivity index (χ2n) is 7.30. The standard InChI is InChI=1S/C23H28N2O3.ClH.H2O/c26-21-10-8-19(17-22(21)27)9-11-23(28)24-20-12-15-25(16-13-20)14-4-7-18-5-2-1-3-6-18;;/h1-3,5-6,8-11,17,20,26-27H,4,7,12-16H2,(H,24,28);1H;1H2/b11-9+;;. The summed E-state index contributed by atoms with van der Waals surface area (Å²) in [4.78, 5) is 14.6. The number of rotatable bonds is 7. The first-order valence-corrected chi connectivity index (χ1v) is 9.87. The van der Waals surface area contributed by atoms with Gasteiger partial charge >= 0.3 is 0 Å². The van der Waals surface area contributed by atoms with Crippen LogP contribution in [0.15, 0.2) is 54.6 Å². The number of nitrogens with zero attached hydrogens (tertiary/aromatic N) is 1. The lowest BCUT2D eigenvalue weighted by Gasteiger charge is -2.32. The van der Waals surface area contributed by atoms with Gasteiger partial charge in [-0.1, -0.05) is 36.4 Å². The van der Waals surface area contributed by atoms with Gasteiger partial charge < -0.3 is 25.9 Å². The maximum Gasteiger partial charge on any atom is 0.244 e. The molecule has 5 N–H and O–H groups in total. The van der Waals surface area contributed by atoms with Crippen molar-refractivity contribution in [1.29, 1.82) is 0 Å². The molecule has 6 nitrogen and oxygen atoms in total. The van der Waals surface area contributed by atoms with Gasteiger partial charge in [-0.2, -0.15) is 0 Å². The van der Waals surface area contributed by atoms with Crippen molar-refractivity contribution in [1.82, 2.24) is 10.2 Å². The number of nitrogens with one attached hydrogen (secondary N) is 1. The number of hydrogen-bond acceptors (Lipinski definition) is 4. The van der Waals surface area contributed by atoms with E-state index < -0.39 is 0 Å². The monoisotopic (exact) mass is 434 g/mol. The third kappa shape index (κ3) is 8.06. The molecule has 3 rings (SSSR count). The van der Waals surface area contributed by atoms with E-state index in [4.69, 9.17) is 0 Å². The summed E-state index contributed by atoms with van der Waals surface area (Å²) < 4.78 is 0. The summed E-state index contributed by atoms with van der Waals surface area (Å²) >= 11 is 0. The minimum atomic E-state index is -0.192. The number of aryl methyl sites for hydroxylation is 1. The van der Waals surface area contributed by atoms with Crippen LogP contribution in [0.4, 0.5) is 0 Å². The molecule has 0 atom stereocenters. The minimum Gasteiger partial charge on any atom is -0.504 e. The quantitative estimate of drug-likeness (QED) is 0.460. The van der Waals surface area contributed by atoms with Gasteiger partial charge in [-0.15, -0.1) is 12.4 Å². The van der Waals surface area contributed by atoms with Gasteiger partial charge in [0.2, 0.25) is 5.91 Å². The van der Waals surface area contributed by atoms with E-state index in [9.17, 15) is 15.0 Å². The fourth-order valence-electron chi connectivity index (χ4n) is 3.52. The van der Waals surface area contributed by atoms with E-state index in [2.05, 4.69) is 34.5 Å². The Morgan fingerprint density at radius 3 is 2.43 bits per heavy atom. The fraction of sp³-hybridized carbons (Fsp3) is 0.348. The summed E-state index contributed by atoms with van der Waals surface area (Å²) in [5.41, 5.74) is 2.05. The molecular weight excluding hydrogens is 404 g/mol. The van der Waals surface area contributed by atoms with Crippen molar-refractivity contribution in [3.8, 4) is 11.5 Å². The predicted octanol–water partition coefficient (Wildman–Crippen LogP) is 2.92. The molecule has 1 fully saturated rings. The molecule has 2 aromatic rings. The first-order chi connectivity index (χ1) is 13.6. The van der Waals surface area contributed by atoms with Crippen LogP contribution < -0.4 is 5.32 Å². The number of aromatic hydroxyl groups is 2. The van der Waals surface area contributed by atoms with Crippen LogP contribution >= 0.6 is 12.4 Å². The highest BCUT2D eigenvalue weighted by atomic mass is 35.5. The summed E-state index contributed by atoms with van der Waals surface area (Å²) in [7, 11) is 0. The highest BCUT2D eigenvalue weighted by molar-refractivity contribution is 5.92.